The highest BCUT2D eigenvalue weighted by Gasteiger charge is 2.20. The van der Waals surface area contributed by atoms with Gasteiger partial charge in [0.05, 0.1) is 12.8 Å². The van der Waals surface area contributed by atoms with Gasteiger partial charge in [0.1, 0.15) is 0 Å². The topological polar surface area (TPSA) is 83.6 Å². The van der Waals surface area contributed by atoms with Gasteiger partial charge in [-0.25, -0.2) is 8.42 Å². The molecule has 1 amide bonds. The third kappa shape index (κ3) is 6.92. The van der Waals surface area contributed by atoms with E-state index in [1.54, 1.807) is 24.3 Å². The van der Waals surface area contributed by atoms with Crippen LogP contribution >= 0.6 is 0 Å². The summed E-state index contributed by atoms with van der Waals surface area (Å²) >= 11 is 0. The van der Waals surface area contributed by atoms with Crippen LogP contribution in [0.2, 0.25) is 0 Å². The van der Waals surface area contributed by atoms with Crippen LogP contribution in [0, 0.1) is 5.92 Å². The summed E-state index contributed by atoms with van der Waals surface area (Å²) in [6, 6.07) is 6.47. The number of carbonyl (C=O) groups is 2. The van der Waals surface area contributed by atoms with Crippen molar-refractivity contribution in [2.24, 2.45) is 5.92 Å². The molecule has 0 aliphatic carbocycles. The molecule has 1 N–H and O–H groups in total. The summed E-state index contributed by atoms with van der Waals surface area (Å²) in [6.45, 7) is 5.55. The molecule has 0 spiro atoms. The quantitative estimate of drug-likeness (QED) is 0.735. The van der Waals surface area contributed by atoms with Crippen LogP contribution in [0.25, 0.3) is 0 Å². The molecule has 1 aromatic carbocycles. The Bertz CT molecular complexity index is 651. The van der Waals surface area contributed by atoms with Crippen LogP contribution in [0.3, 0.4) is 0 Å². The molecule has 128 valence electrons. The van der Waals surface area contributed by atoms with Crippen LogP contribution < -0.4 is 5.32 Å². The molecule has 0 saturated carbocycles. The normalized spacial score (nSPS) is 11.7. The van der Waals surface area contributed by atoms with Gasteiger partial charge in [-0.05, 0) is 43.5 Å². The molecule has 1 rings (SSSR count). The van der Waals surface area contributed by atoms with Crippen molar-refractivity contribution in [3.05, 3.63) is 29.8 Å². The summed E-state index contributed by atoms with van der Waals surface area (Å²) in [7, 11) is -3.44. The molecule has 1 aromatic rings. The van der Waals surface area contributed by atoms with Gasteiger partial charge in [0, 0.05) is 17.8 Å². The van der Waals surface area contributed by atoms with Crippen molar-refractivity contribution in [3.8, 4) is 0 Å². The van der Waals surface area contributed by atoms with E-state index in [2.05, 4.69) is 5.32 Å². The summed E-state index contributed by atoms with van der Waals surface area (Å²) in [5.41, 5.74) is 1.08. The van der Waals surface area contributed by atoms with Crippen molar-refractivity contribution in [1.82, 2.24) is 4.31 Å². The Morgan fingerprint density at radius 3 is 2.17 bits per heavy atom. The molecule has 0 aliphatic heterocycles. The third-order valence-electron chi connectivity index (χ3n) is 3.32. The first-order valence-corrected chi connectivity index (χ1v) is 9.30. The minimum atomic E-state index is -3.44. The number of anilines is 1. The summed E-state index contributed by atoms with van der Waals surface area (Å²) in [4.78, 5) is 23.2. The molecule has 0 heterocycles. The fourth-order valence-electron chi connectivity index (χ4n) is 1.91. The van der Waals surface area contributed by atoms with E-state index in [1.165, 1.54) is 11.2 Å². The SMILES string of the molecule is CC(=O)c1ccc(NC(=O)CN(CCC(C)C)S(C)(=O)=O)cc1. The monoisotopic (exact) mass is 340 g/mol. The van der Waals surface area contributed by atoms with Crippen molar-refractivity contribution in [2.45, 2.75) is 27.2 Å². The zero-order valence-corrected chi connectivity index (χ0v) is 14.8. The highest BCUT2D eigenvalue weighted by molar-refractivity contribution is 7.88. The summed E-state index contributed by atoms with van der Waals surface area (Å²) in [6.07, 6.45) is 1.79. The van der Waals surface area contributed by atoms with Crippen molar-refractivity contribution in [2.75, 3.05) is 24.7 Å². The Hall–Kier alpha value is -1.73. The van der Waals surface area contributed by atoms with Crippen LogP contribution in [0.4, 0.5) is 5.69 Å². The Labute approximate surface area is 137 Å². The molecule has 0 saturated heterocycles. The number of amides is 1. The molecule has 0 atom stereocenters. The van der Waals surface area contributed by atoms with Gasteiger partial charge >= 0.3 is 0 Å². The molecule has 0 bridgehead atoms. The second-order valence-corrected chi connectivity index (χ2v) is 7.94. The predicted molar refractivity (Wildman–Crippen MR) is 90.9 cm³/mol. The zero-order valence-electron chi connectivity index (χ0n) is 14.0. The average molecular weight is 340 g/mol. The van der Waals surface area contributed by atoms with Gasteiger partial charge in [-0.1, -0.05) is 13.8 Å². The van der Waals surface area contributed by atoms with Crippen molar-refractivity contribution >= 4 is 27.4 Å². The molecule has 0 radical (unpaired) electrons. The minimum Gasteiger partial charge on any atom is -0.325 e. The summed E-state index contributed by atoms with van der Waals surface area (Å²) < 4.78 is 24.7. The Morgan fingerprint density at radius 2 is 1.74 bits per heavy atom. The van der Waals surface area contributed by atoms with E-state index in [-0.39, 0.29) is 12.3 Å². The number of sulfonamides is 1. The second kappa shape index (κ2) is 8.21. The Balaban J connectivity index is 2.69. The molecule has 0 aromatic heterocycles. The summed E-state index contributed by atoms with van der Waals surface area (Å²) in [5, 5.41) is 2.64. The number of benzene rings is 1. The van der Waals surface area contributed by atoms with Crippen molar-refractivity contribution < 1.29 is 18.0 Å². The van der Waals surface area contributed by atoms with E-state index in [0.29, 0.717) is 30.1 Å². The van der Waals surface area contributed by atoms with E-state index in [9.17, 15) is 18.0 Å². The van der Waals surface area contributed by atoms with Crippen molar-refractivity contribution in [3.63, 3.8) is 0 Å². The minimum absolute atomic E-state index is 0.0557. The number of Topliss-reactive ketones (excluding diaryl/α,β-unsaturated/α-hetero) is 1. The largest absolute Gasteiger partial charge is 0.325 e. The van der Waals surface area contributed by atoms with Crippen LogP contribution in [0.1, 0.15) is 37.6 Å². The Kier molecular flexibility index (Phi) is 6.90. The number of hydrogen-bond acceptors (Lipinski definition) is 4. The Morgan fingerprint density at radius 1 is 1.17 bits per heavy atom. The van der Waals surface area contributed by atoms with Crippen LogP contribution in [0.15, 0.2) is 24.3 Å². The standard InChI is InChI=1S/C16H24N2O4S/c1-12(2)9-10-18(23(4,21)22)11-16(20)17-15-7-5-14(6-8-15)13(3)19/h5-8,12H,9-11H2,1-4H3,(H,17,20). The predicted octanol–water partition coefficient (Wildman–Crippen LogP) is 2.14. The third-order valence-corrected chi connectivity index (χ3v) is 4.57. The van der Waals surface area contributed by atoms with E-state index in [0.717, 1.165) is 6.26 Å². The van der Waals surface area contributed by atoms with Crippen LogP contribution in [0.5, 0.6) is 0 Å². The lowest BCUT2D eigenvalue weighted by Crippen LogP contribution is -2.38. The number of hydrogen-bond donors (Lipinski definition) is 1. The van der Waals surface area contributed by atoms with Gasteiger partial charge in [-0.15, -0.1) is 0 Å². The molecule has 23 heavy (non-hydrogen) atoms. The zero-order chi connectivity index (χ0) is 17.6. The molecular weight excluding hydrogens is 316 g/mol. The van der Waals surface area contributed by atoms with Gasteiger partial charge in [0.2, 0.25) is 15.9 Å². The molecule has 6 nitrogen and oxygen atoms in total. The lowest BCUT2D eigenvalue weighted by atomic mass is 10.1. The molecule has 7 heteroatoms. The molecule has 0 aliphatic rings. The maximum Gasteiger partial charge on any atom is 0.239 e. The summed E-state index contributed by atoms with van der Waals surface area (Å²) in [5.74, 6) is -0.115. The van der Waals surface area contributed by atoms with Gasteiger partial charge in [0.25, 0.3) is 0 Å². The molecule has 0 unspecified atom stereocenters. The number of nitrogens with zero attached hydrogens (tertiary/aromatic N) is 1. The fourth-order valence-corrected chi connectivity index (χ4v) is 2.70. The second-order valence-electron chi connectivity index (χ2n) is 5.96. The van der Waals surface area contributed by atoms with Gasteiger partial charge in [-0.3, -0.25) is 9.59 Å². The van der Waals surface area contributed by atoms with Crippen molar-refractivity contribution in [1.29, 1.82) is 0 Å². The van der Waals surface area contributed by atoms with E-state index in [1.807, 2.05) is 13.8 Å². The number of rotatable bonds is 8. The molecule has 0 fully saturated rings. The first-order valence-electron chi connectivity index (χ1n) is 7.45. The fraction of sp³-hybridized carbons (Fsp3) is 0.500. The van der Waals surface area contributed by atoms with E-state index in [4.69, 9.17) is 0 Å². The lowest BCUT2D eigenvalue weighted by molar-refractivity contribution is -0.116. The first-order chi connectivity index (χ1) is 10.6. The smallest absolute Gasteiger partial charge is 0.239 e. The maximum atomic E-state index is 12.0. The number of carbonyl (C=O) groups excluding carboxylic acids is 2. The van der Waals surface area contributed by atoms with Gasteiger partial charge < -0.3 is 5.32 Å². The highest BCUT2D eigenvalue weighted by Crippen LogP contribution is 2.11. The first kappa shape index (κ1) is 19.3. The van der Waals surface area contributed by atoms with Crippen LogP contribution in [-0.2, 0) is 14.8 Å². The number of nitrogens with one attached hydrogen (secondary N) is 1. The highest BCUT2D eigenvalue weighted by atomic mass is 32.2. The average Bonchev–Trinajstić information content (AvgIpc) is 2.42. The van der Waals surface area contributed by atoms with Gasteiger partial charge in [-0.2, -0.15) is 4.31 Å². The lowest BCUT2D eigenvalue weighted by Gasteiger charge is -2.20. The van der Waals surface area contributed by atoms with Crippen LogP contribution in [-0.4, -0.2) is 43.8 Å². The van der Waals surface area contributed by atoms with Gasteiger partial charge in [0.15, 0.2) is 5.78 Å². The van der Waals surface area contributed by atoms with E-state index >= 15 is 0 Å². The van der Waals surface area contributed by atoms with E-state index < -0.39 is 15.9 Å². The number of ketones is 1. The molecular formula is C16H24N2O4S. The maximum absolute atomic E-state index is 12.0.